The first-order valence-corrected chi connectivity index (χ1v) is 9.51. The van der Waals surface area contributed by atoms with Crippen LogP contribution in [0.25, 0.3) is 11.4 Å². The van der Waals surface area contributed by atoms with Crippen molar-refractivity contribution >= 4 is 17.5 Å². The van der Waals surface area contributed by atoms with Gasteiger partial charge in [-0.3, -0.25) is 4.79 Å². The Morgan fingerprint density at radius 1 is 1.20 bits per heavy atom. The van der Waals surface area contributed by atoms with Gasteiger partial charge in [-0.25, -0.2) is 24.3 Å². The fraction of sp³-hybridized carbons (Fsp3) is 0.286. The summed E-state index contributed by atoms with van der Waals surface area (Å²) in [6.45, 7) is 2.43. The number of amides is 1. The van der Waals surface area contributed by atoms with Crippen LogP contribution in [0.1, 0.15) is 12.0 Å². The van der Waals surface area contributed by atoms with Gasteiger partial charge in [-0.15, -0.1) is 0 Å². The summed E-state index contributed by atoms with van der Waals surface area (Å²) in [6.07, 6.45) is 5.97. The molecular formula is C21H21FN6O2. The maximum atomic E-state index is 13.2. The molecule has 0 spiro atoms. The van der Waals surface area contributed by atoms with Crippen molar-refractivity contribution in [1.29, 1.82) is 0 Å². The van der Waals surface area contributed by atoms with Gasteiger partial charge >= 0.3 is 0 Å². The zero-order valence-corrected chi connectivity index (χ0v) is 16.6. The average molecular weight is 408 g/mol. The number of halogens is 1. The van der Waals surface area contributed by atoms with Crippen LogP contribution >= 0.6 is 0 Å². The summed E-state index contributed by atoms with van der Waals surface area (Å²) in [5.41, 5.74) is 2.24. The maximum absolute atomic E-state index is 13.2. The van der Waals surface area contributed by atoms with Gasteiger partial charge in [-0.05, 0) is 30.7 Å². The lowest BCUT2D eigenvalue weighted by molar-refractivity contribution is -0.117. The van der Waals surface area contributed by atoms with Crippen molar-refractivity contribution in [3.05, 3.63) is 60.4 Å². The predicted octanol–water partition coefficient (Wildman–Crippen LogP) is 2.61. The molecule has 0 aliphatic carbocycles. The molecule has 1 saturated heterocycles. The Bertz CT molecular complexity index is 1030. The third kappa shape index (κ3) is 4.11. The second kappa shape index (κ2) is 8.50. The molecule has 0 unspecified atom stereocenters. The highest BCUT2D eigenvalue weighted by Crippen LogP contribution is 2.27. The Hall–Kier alpha value is -3.46. The normalized spacial score (nSPS) is 18.4. The first-order valence-electron chi connectivity index (χ1n) is 9.51. The molecule has 3 aromatic rings. The van der Waals surface area contributed by atoms with Gasteiger partial charge in [-0.2, -0.15) is 0 Å². The number of carbonyl (C=O) groups is 1. The van der Waals surface area contributed by atoms with Gasteiger partial charge in [-0.1, -0.05) is 6.07 Å². The molecule has 30 heavy (non-hydrogen) atoms. The Morgan fingerprint density at radius 2 is 1.93 bits per heavy atom. The summed E-state index contributed by atoms with van der Waals surface area (Å²) in [5, 5.41) is 2.96. The minimum Gasteiger partial charge on any atom is -0.380 e. The molecule has 1 aromatic carbocycles. The number of methoxy groups -OCH3 is 1. The molecular weight excluding hydrogens is 387 g/mol. The Morgan fingerprint density at radius 3 is 2.63 bits per heavy atom. The van der Waals surface area contributed by atoms with E-state index in [1.54, 1.807) is 31.6 Å². The number of benzene rings is 1. The minimum absolute atomic E-state index is 0.0919. The van der Waals surface area contributed by atoms with Crippen LogP contribution in [0.2, 0.25) is 0 Å². The van der Waals surface area contributed by atoms with Crippen LogP contribution < -0.4 is 10.2 Å². The molecule has 1 N–H and O–H groups in total. The molecule has 0 bridgehead atoms. The summed E-state index contributed by atoms with van der Waals surface area (Å²) >= 11 is 0. The van der Waals surface area contributed by atoms with Crippen molar-refractivity contribution in [3.63, 3.8) is 0 Å². The molecule has 2 atom stereocenters. The van der Waals surface area contributed by atoms with E-state index < -0.39 is 11.9 Å². The number of carbonyl (C=O) groups excluding carboxylic acids is 1. The molecule has 154 valence electrons. The molecule has 1 fully saturated rings. The molecule has 2 aromatic heterocycles. The molecule has 0 radical (unpaired) electrons. The largest absolute Gasteiger partial charge is 0.380 e. The van der Waals surface area contributed by atoms with Crippen molar-refractivity contribution in [3.8, 4) is 11.4 Å². The van der Waals surface area contributed by atoms with E-state index >= 15 is 0 Å². The van der Waals surface area contributed by atoms with Crippen LogP contribution in [0.15, 0.2) is 49.1 Å². The van der Waals surface area contributed by atoms with E-state index in [1.165, 1.54) is 0 Å². The maximum Gasteiger partial charge on any atom is 0.247 e. The number of hydrogen-bond acceptors (Lipinski definition) is 7. The second-order valence-electron chi connectivity index (χ2n) is 7.05. The van der Waals surface area contributed by atoms with Gasteiger partial charge in [0.25, 0.3) is 0 Å². The van der Waals surface area contributed by atoms with E-state index in [0.717, 1.165) is 23.5 Å². The first kappa shape index (κ1) is 19.8. The van der Waals surface area contributed by atoms with E-state index in [1.807, 2.05) is 24.0 Å². The summed E-state index contributed by atoms with van der Waals surface area (Å²) in [7, 11) is 1.63. The van der Waals surface area contributed by atoms with E-state index in [9.17, 15) is 9.18 Å². The molecule has 0 saturated carbocycles. The highest BCUT2D eigenvalue weighted by Gasteiger charge is 2.38. The van der Waals surface area contributed by atoms with Gasteiger partial charge in [0.1, 0.15) is 6.04 Å². The van der Waals surface area contributed by atoms with Crippen LogP contribution in [-0.2, 0) is 9.53 Å². The van der Waals surface area contributed by atoms with Crippen molar-refractivity contribution in [1.82, 2.24) is 19.9 Å². The number of aromatic nitrogens is 4. The SMILES string of the molecule is CO[C@@H]1C[C@H](C(=O)Nc2ccc(C)c(-c3ncc(F)cn3)c2)N(c2ncccn2)C1. The Balaban J connectivity index is 1.57. The third-order valence-electron chi connectivity index (χ3n) is 5.07. The van der Waals surface area contributed by atoms with Crippen molar-refractivity contribution in [2.24, 2.45) is 0 Å². The third-order valence-corrected chi connectivity index (χ3v) is 5.07. The first-order chi connectivity index (χ1) is 14.5. The highest BCUT2D eigenvalue weighted by molar-refractivity contribution is 5.97. The summed E-state index contributed by atoms with van der Waals surface area (Å²) in [5.74, 6) is 0.195. The van der Waals surface area contributed by atoms with Crippen molar-refractivity contribution < 1.29 is 13.9 Å². The van der Waals surface area contributed by atoms with Crippen molar-refractivity contribution in [2.45, 2.75) is 25.5 Å². The van der Waals surface area contributed by atoms with Gasteiger partial charge < -0.3 is 15.0 Å². The Labute approximate surface area is 173 Å². The minimum atomic E-state index is -0.502. The zero-order chi connectivity index (χ0) is 21.1. The molecule has 4 rings (SSSR count). The number of ether oxygens (including phenoxy) is 1. The van der Waals surface area contributed by atoms with Gasteiger partial charge in [0.05, 0.1) is 18.5 Å². The zero-order valence-electron chi connectivity index (χ0n) is 16.6. The van der Waals surface area contributed by atoms with Crippen molar-refractivity contribution in [2.75, 3.05) is 23.9 Å². The van der Waals surface area contributed by atoms with E-state index in [0.29, 0.717) is 30.4 Å². The fourth-order valence-corrected chi connectivity index (χ4v) is 3.49. The van der Waals surface area contributed by atoms with Crippen LogP contribution in [0.4, 0.5) is 16.0 Å². The fourth-order valence-electron chi connectivity index (χ4n) is 3.49. The lowest BCUT2D eigenvalue weighted by Gasteiger charge is -2.23. The molecule has 1 aliphatic rings. The average Bonchev–Trinajstić information content (AvgIpc) is 3.21. The van der Waals surface area contributed by atoms with Gasteiger partial charge in [0.15, 0.2) is 11.6 Å². The monoisotopic (exact) mass is 408 g/mol. The highest BCUT2D eigenvalue weighted by atomic mass is 19.1. The molecule has 3 heterocycles. The van der Waals surface area contributed by atoms with Gasteiger partial charge in [0, 0.05) is 43.7 Å². The molecule has 9 heteroatoms. The molecule has 1 amide bonds. The van der Waals surface area contributed by atoms with Gasteiger partial charge in [0.2, 0.25) is 11.9 Å². The summed E-state index contributed by atoms with van der Waals surface area (Å²) in [6, 6.07) is 6.72. The van der Waals surface area contributed by atoms with E-state index in [4.69, 9.17) is 4.74 Å². The topological polar surface area (TPSA) is 93.1 Å². The molecule has 8 nitrogen and oxygen atoms in total. The van der Waals surface area contributed by atoms with Crippen LogP contribution in [-0.4, -0.2) is 51.6 Å². The summed E-state index contributed by atoms with van der Waals surface area (Å²) < 4.78 is 18.6. The quantitative estimate of drug-likeness (QED) is 0.694. The number of nitrogens with one attached hydrogen (secondary N) is 1. The number of nitrogens with zero attached hydrogens (tertiary/aromatic N) is 5. The number of rotatable bonds is 5. The smallest absolute Gasteiger partial charge is 0.247 e. The number of aryl methyl sites for hydroxylation is 1. The Kier molecular flexibility index (Phi) is 5.62. The van der Waals surface area contributed by atoms with Crippen LogP contribution in [0.3, 0.4) is 0 Å². The van der Waals surface area contributed by atoms with E-state index in [2.05, 4.69) is 25.3 Å². The lowest BCUT2D eigenvalue weighted by Crippen LogP contribution is -2.40. The second-order valence-corrected chi connectivity index (χ2v) is 7.05. The van der Waals surface area contributed by atoms with E-state index in [-0.39, 0.29) is 12.0 Å². The summed E-state index contributed by atoms with van der Waals surface area (Å²) in [4.78, 5) is 31.6. The number of hydrogen-bond donors (Lipinski definition) is 1. The van der Waals surface area contributed by atoms with Crippen LogP contribution in [0.5, 0.6) is 0 Å². The standard InChI is InChI=1S/C21H21FN6O2/c1-13-4-5-15(8-17(13)19-25-10-14(22)11-26-19)27-20(29)18-9-16(30-2)12-28(18)21-23-6-3-7-24-21/h3-8,10-11,16,18H,9,12H2,1-2H3,(H,27,29)/t16-,18-/m1/s1. The van der Waals surface area contributed by atoms with Crippen LogP contribution in [0, 0.1) is 12.7 Å². The predicted molar refractivity (Wildman–Crippen MR) is 109 cm³/mol. The number of anilines is 2. The lowest BCUT2D eigenvalue weighted by atomic mass is 10.1. The molecule has 1 aliphatic heterocycles.